The molecule has 2 aromatic carbocycles. The fourth-order valence-corrected chi connectivity index (χ4v) is 2.17. The Labute approximate surface area is 127 Å². The van der Waals surface area contributed by atoms with E-state index >= 15 is 0 Å². The molecular weight excluding hydrogens is 254 g/mol. The van der Waals surface area contributed by atoms with Crippen molar-refractivity contribution in [1.29, 1.82) is 0 Å². The van der Waals surface area contributed by atoms with E-state index in [1.807, 2.05) is 42.5 Å². The average Bonchev–Trinajstić information content (AvgIpc) is 2.53. The molecule has 0 bridgehead atoms. The Hall–Kier alpha value is -2.30. The molecule has 0 saturated carbocycles. The lowest BCUT2D eigenvalue weighted by atomic mass is 10.0. The molecule has 0 aliphatic heterocycles. The molecule has 0 aliphatic rings. The van der Waals surface area contributed by atoms with E-state index in [1.165, 1.54) is 5.56 Å². The van der Waals surface area contributed by atoms with Gasteiger partial charge < -0.3 is 0 Å². The molecule has 106 valence electrons. The van der Waals surface area contributed by atoms with E-state index < -0.39 is 0 Å². The summed E-state index contributed by atoms with van der Waals surface area (Å²) in [6.07, 6.45) is 2.84. The van der Waals surface area contributed by atoms with Crippen LogP contribution in [-0.2, 0) is 6.42 Å². The fourth-order valence-electron chi connectivity index (χ4n) is 2.17. The molecule has 0 fully saturated rings. The molecule has 1 unspecified atom stereocenters. The third kappa shape index (κ3) is 4.95. The summed E-state index contributed by atoms with van der Waals surface area (Å²) in [5.74, 6) is 6.68. The Morgan fingerprint density at radius 2 is 1.67 bits per heavy atom. The van der Waals surface area contributed by atoms with Gasteiger partial charge in [0.25, 0.3) is 0 Å². The zero-order valence-corrected chi connectivity index (χ0v) is 12.5. The van der Waals surface area contributed by atoms with Gasteiger partial charge in [0.1, 0.15) is 0 Å². The Morgan fingerprint density at radius 3 is 2.29 bits per heavy atom. The summed E-state index contributed by atoms with van der Waals surface area (Å²) in [5, 5.41) is 0. The van der Waals surface area contributed by atoms with Gasteiger partial charge in [-0.1, -0.05) is 66.4 Å². The molecule has 0 saturated heterocycles. The second kappa shape index (κ2) is 8.09. The van der Waals surface area contributed by atoms with E-state index in [9.17, 15) is 0 Å². The third-order valence-electron chi connectivity index (χ3n) is 3.38. The summed E-state index contributed by atoms with van der Waals surface area (Å²) in [6, 6.07) is 20.8. The minimum atomic E-state index is 0.186. The standard InChI is InChI=1S/C20H21N/c1-3-16-21(2)20(17-19-12-8-5-9-13-19)15-14-18-10-6-4-7-11-18/h3-13,20H,1,16-17H2,2H3. The number of hydrogen-bond donors (Lipinski definition) is 0. The van der Waals surface area contributed by atoms with Crippen LogP contribution in [0.15, 0.2) is 73.3 Å². The van der Waals surface area contributed by atoms with Gasteiger partial charge >= 0.3 is 0 Å². The van der Waals surface area contributed by atoms with Crippen LogP contribution < -0.4 is 0 Å². The largest absolute Gasteiger partial charge is 0.289 e. The Balaban J connectivity index is 2.16. The lowest BCUT2D eigenvalue weighted by Crippen LogP contribution is -2.32. The number of benzene rings is 2. The normalized spacial score (nSPS) is 11.5. The van der Waals surface area contributed by atoms with Crippen molar-refractivity contribution in [3.63, 3.8) is 0 Å². The van der Waals surface area contributed by atoms with Gasteiger partial charge in [0.05, 0.1) is 6.04 Å². The molecule has 0 N–H and O–H groups in total. The van der Waals surface area contributed by atoms with Crippen molar-refractivity contribution in [2.45, 2.75) is 12.5 Å². The van der Waals surface area contributed by atoms with Crippen LogP contribution in [0.3, 0.4) is 0 Å². The molecule has 0 amide bonds. The van der Waals surface area contributed by atoms with Crippen molar-refractivity contribution in [1.82, 2.24) is 4.90 Å². The van der Waals surface area contributed by atoms with Crippen LogP contribution in [-0.4, -0.2) is 24.5 Å². The molecule has 0 heterocycles. The summed E-state index contributed by atoms with van der Waals surface area (Å²) < 4.78 is 0. The highest BCUT2D eigenvalue weighted by Crippen LogP contribution is 2.08. The highest BCUT2D eigenvalue weighted by molar-refractivity contribution is 5.35. The Kier molecular flexibility index (Phi) is 5.82. The van der Waals surface area contributed by atoms with Crippen LogP contribution in [0.1, 0.15) is 11.1 Å². The first-order valence-electron chi connectivity index (χ1n) is 7.21. The van der Waals surface area contributed by atoms with Gasteiger partial charge in [-0.15, -0.1) is 6.58 Å². The second-order valence-corrected chi connectivity index (χ2v) is 5.07. The summed E-state index contributed by atoms with van der Waals surface area (Å²) in [7, 11) is 2.09. The van der Waals surface area contributed by atoms with Crippen molar-refractivity contribution in [3.05, 3.63) is 84.4 Å². The summed E-state index contributed by atoms with van der Waals surface area (Å²) in [5.41, 5.74) is 2.36. The molecular formula is C20H21N. The molecule has 0 aliphatic carbocycles. The monoisotopic (exact) mass is 275 g/mol. The van der Waals surface area contributed by atoms with E-state index in [0.717, 1.165) is 18.5 Å². The number of nitrogens with zero attached hydrogens (tertiary/aromatic N) is 1. The molecule has 0 radical (unpaired) electrons. The minimum absolute atomic E-state index is 0.186. The van der Waals surface area contributed by atoms with Crippen molar-refractivity contribution in [2.75, 3.05) is 13.6 Å². The first kappa shape index (κ1) is 15.1. The SMILES string of the molecule is C=CCN(C)C(C#Cc1ccccc1)Cc1ccccc1. The molecule has 1 heteroatoms. The second-order valence-electron chi connectivity index (χ2n) is 5.07. The molecule has 21 heavy (non-hydrogen) atoms. The van der Waals surface area contributed by atoms with Crippen LogP contribution in [0, 0.1) is 11.8 Å². The minimum Gasteiger partial charge on any atom is -0.289 e. The predicted octanol–water partition coefficient (Wildman–Crippen LogP) is 3.77. The highest BCUT2D eigenvalue weighted by atomic mass is 15.1. The van der Waals surface area contributed by atoms with Gasteiger partial charge in [0.15, 0.2) is 0 Å². The van der Waals surface area contributed by atoms with Gasteiger partial charge in [0.2, 0.25) is 0 Å². The smallest absolute Gasteiger partial charge is 0.0759 e. The summed E-state index contributed by atoms with van der Waals surface area (Å²) in [4.78, 5) is 2.23. The van der Waals surface area contributed by atoms with E-state index in [-0.39, 0.29) is 6.04 Å². The number of rotatable bonds is 5. The summed E-state index contributed by atoms with van der Waals surface area (Å²) >= 11 is 0. The zero-order valence-electron chi connectivity index (χ0n) is 12.5. The quantitative estimate of drug-likeness (QED) is 0.593. The predicted molar refractivity (Wildman–Crippen MR) is 90.1 cm³/mol. The van der Waals surface area contributed by atoms with Gasteiger partial charge in [-0.25, -0.2) is 0 Å². The van der Waals surface area contributed by atoms with Crippen LogP contribution >= 0.6 is 0 Å². The van der Waals surface area contributed by atoms with Crippen LogP contribution in [0.25, 0.3) is 0 Å². The average molecular weight is 275 g/mol. The number of likely N-dealkylation sites (N-methyl/N-ethyl adjacent to an activating group) is 1. The van der Waals surface area contributed by atoms with Gasteiger partial charge in [-0.05, 0) is 31.2 Å². The topological polar surface area (TPSA) is 3.24 Å². The lowest BCUT2D eigenvalue weighted by molar-refractivity contribution is 0.318. The van der Waals surface area contributed by atoms with Gasteiger partial charge in [-0.3, -0.25) is 4.90 Å². The first-order chi connectivity index (χ1) is 10.3. The van der Waals surface area contributed by atoms with Crippen LogP contribution in [0.5, 0.6) is 0 Å². The summed E-state index contributed by atoms with van der Waals surface area (Å²) in [6.45, 7) is 4.65. The van der Waals surface area contributed by atoms with Gasteiger partial charge in [0, 0.05) is 12.1 Å². The molecule has 2 rings (SSSR count). The van der Waals surface area contributed by atoms with E-state index in [4.69, 9.17) is 0 Å². The van der Waals surface area contributed by atoms with Crippen molar-refractivity contribution >= 4 is 0 Å². The maximum atomic E-state index is 3.82. The molecule has 1 atom stereocenters. The van der Waals surface area contributed by atoms with Crippen LogP contribution in [0.4, 0.5) is 0 Å². The van der Waals surface area contributed by atoms with Crippen molar-refractivity contribution in [2.24, 2.45) is 0 Å². The van der Waals surface area contributed by atoms with Crippen molar-refractivity contribution in [3.8, 4) is 11.8 Å². The lowest BCUT2D eigenvalue weighted by Gasteiger charge is -2.22. The van der Waals surface area contributed by atoms with E-state index in [0.29, 0.717) is 0 Å². The zero-order chi connectivity index (χ0) is 14.9. The van der Waals surface area contributed by atoms with Crippen molar-refractivity contribution < 1.29 is 0 Å². The highest BCUT2D eigenvalue weighted by Gasteiger charge is 2.11. The Morgan fingerprint density at radius 1 is 1.05 bits per heavy atom. The molecule has 1 nitrogen and oxygen atoms in total. The maximum absolute atomic E-state index is 3.82. The maximum Gasteiger partial charge on any atom is 0.0759 e. The van der Waals surface area contributed by atoms with E-state index in [1.54, 1.807) is 0 Å². The number of hydrogen-bond acceptors (Lipinski definition) is 1. The van der Waals surface area contributed by atoms with E-state index in [2.05, 4.69) is 54.6 Å². The van der Waals surface area contributed by atoms with Gasteiger partial charge in [-0.2, -0.15) is 0 Å². The third-order valence-corrected chi connectivity index (χ3v) is 3.38. The van der Waals surface area contributed by atoms with Crippen LogP contribution in [0.2, 0.25) is 0 Å². The molecule has 2 aromatic rings. The Bertz CT molecular complexity index is 605. The fraction of sp³-hybridized carbons (Fsp3) is 0.200. The first-order valence-corrected chi connectivity index (χ1v) is 7.21. The molecule has 0 aromatic heterocycles. The molecule has 0 spiro atoms.